The second kappa shape index (κ2) is 4.26. The number of hydrogen-bond acceptors (Lipinski definition) is 2. The molecule has 0 aromatic heterocycles. The van der Waals surface area contributed by atoms with Gasteiger partial charge in [-0.1, -0.05) is 17.7 Å². The Labute approximate surface area is 85.1 Å². The van der Waals surface area contributed by atoms with E-state index in [-0.39, 0.29) is 0 Å². The van der Waals surface area contributed by atoms with Crippen molar-refractivity contribution in [3.63, 3.8) is 0 Å². The normalized spacial score (nSPS) is 12.2. The van der Waals surface area contributed by atoms with Gasteiger partial charge in [0.05, 0.1) is 6.07 Å². The minimum Gasteiger partial charge on any atom is -0.362 e. The van der Waals surface area contributed by atoms with Crippen molar-refractivity contribution in [3.8, 4) is 6.07 Å². The molecule has 14 heavy (non-hydrogen) atoms. The van der Waals surface area contributed by atoms with Gasteiger partial charge >= 0.3 is 0 Å². The first-order valence-electron chi connectivity index (χ1n) is 4.60. The first-order valence-corrected chi connectivity index (χ1v) is 4.60. The SMILES string of the molecule is COC(C#N)c1c(C)cc(C)cc1C. The summed E-state index contributed by atoms with van der Waals surface area (Å²) in [6, 6.07) is 6.30. The number of nitrogens with zero attached hydrogens (tertiary/aromatic N) is 1. The van der Waals surface area contributed by atoms with Crippen LogP contribution in [0.1, 0.15) is 28.4 Å². The highest BCUT2D eigenvalue weighted by Gasteiger charge is 2.14. The zero-order valence-corrected chi connectivity index (χ0v) is 9.09. The minimum absolute atomic E-state index is 0.449. The van der Waals surface area contributed by atoms with Crippen molar-refractivity contribution in [1.82, 2.24) is 0 Å². The summed E-state index contributed by atoms with van der Waals surface area (Å²) in [5, 5.41) is 8.92. The molecule has 0 bridgehead atoms. The van der Waals surface area contributed by atoms with Crippen LogP contribution in [0.2, 0.25) is 0 Å². The molecule has 2 heteroatoms. The Kier molecular flexibility index (Phi) is 3.27. The van der Waals surface area contributed by atoms with E-state index in [1.807, 2.05) is 13.8 Å². The van der Waals surface area contributed by atoms with Gasteiger partial charge in [0.25, 0.3) is 0 Å². The van der Waals surface area contributed by atoms with E-state index < -0.39 is 6.10 Å². The van der Waals surface area contributed by atoms with E-state index in [9.17, 15) is 0 Å². The van der Waals surface area contributed by atoms with Gasteiger partial charge in [-0.25, -0.2) is 0 Å². The summed E-state index contributed by atoms with van der Waals surface area (Å²) in [6.07, 6.45) is -0.449. The number of nitriles is 1. The maximum Gasteiger partial charge on any atom is 0.169 e. The fourth-order valence-electron chi connectivity index (χ4n) is 1.84. The molecule has 0 radical (unpaired) electrons. The predicted molar refractivity (Wildman–Crippen MR) is 56.0 cm³/mol. The molecule has 0 N–H and O–H groups in total. The van der Waals surface area contributed by atoms with Crippen LogP contribution in [-0.4, -0.2) is 7.11 Å². The van der Waals surface area contributed by atoms with Crippen LogP contribution in [0, 0.1) is 32.1 Å². The lowest BCUT2D eigenvalue weighted by Crippen LogP contribution is -2.04. The van der Waals surface area contributed by atoms with Gasteiger partial charge in [-0.2, -0.15) is 5.26 Å². The Morgan fingerprint density at radius 1 is 1.21 bits per heavy atom. The fraction of sp³-hybridized carbons (Fsp3) is 0.417. The number of methoxy groups -OCH3 is 1. The van der Waals surface area contributed by atoms with E-state index in [1.165, 1.54) is 5.56 Å². The zero-order chi connectivity index (χ0) is 10.7. The Hall–Kier alpha value is -1.33. The van der Waals surface area contributed by atoms with Crippen LogP contribution in [0.5, 0.6) is 0 Å². The molecule has 0 amide bonds. The molecule has 2 nitrogen and oxygen atoms in total. The lowest BCUT2D eigenvalue weighted by molar-refractivity contribution is 0.147. The second-order valence-corrected chi connectivity index (χ2v) is 3.56. The number of ether oxygens (including phenoxy) is 1. The van der Waals surface area contributed by atoms with Gasteiger partial charge in [-0.3, -0.25) is 0 Å². The quantitative estimate of drug-likeness (QED) is 0.716. The van der Waals surface area contributed by atoms with Gasteiger partial charge in [0.2, 0.25) is 0 Å². The lowest BCUT2D eigenvalue weighted by Gasteiger charge is -2.14. The molecule has 74 valence electrons. The third-order valence-corrected chi connectivity index (χ3v) is 2.35. The molecule has 1 aromatic rings. The molecule has 0 saturated heterocycles. The monoisotopic (exact) mass is 189 g/mol. The van der Waals surface area contributed by atoms with E-state index in [0.717, 1.165) is 16.7 Å². The van der Waals surface area contributed by atoms with Gasteiger partial charge in [0, 0.05) is 12.7 Å². The van der Waals surface area contributed by atoms with Crippen molar-refractivity contribution in [1.29, 1.82) is 5.26 Å². The van der Waals surface area contributed by atoms with Crippen LogP contribution in [0.15, 0.2) is 12.1 Å². The molecule has 1 unspecified atom stereocenters. The molecular formula is C12H15NO. The van der Waals surface area contributed by atoms with Gasteiger partial charge in [-0.15, -0.1) is 0 Å². The van der Waals surface area contributed by atoms with Crippen molar-refractivity contribution >= 4 is 0 Å². The molecular weight excluding hydrogens is 174 g/mol. The minimum atomic E-state index is -0.449. The molecule has 0 aliphatic rings. The Bertz CT molecular complexity index is 353. The fourth-order valence-corrected chi connectivity index (χ4v) is 1.84. The molecule has 1 atom stereocenters. The average Bonchev–Trinajstić information content (AvgIpc) is 2.10. The highest BCUT2D eigenvalue weighted by molar-refractivity contribution is 5.40. The standard InChI is InChI=1S/C12H15NO/c1-8-5-9(2)12(10(3)6-8)11(7-13)14-4/h5-6,11H,1-4H3. The smallest absolute Gasteiger partial charge is 0.169 e. The molecule has 0 heterocycles. The molecule has 0 aliphatic heterocycles. The van der Waals surface area contributed by atoms with Crippen molar-refractivity contribution in [2.24, 2.45) is 0 Å². The first kappa shape index (κ1) is 10.7. The van der Waals surface area contributed by atoms with Crippen LogP contribution >= 0.6 is 0 Å². The largest absolute Gasteiger partial charge is 0.362 e. The van der Waals surface area contributed by atoms with Crippen molar-refractivity contribution < 1.29 is 4.74 Å². The molecule has 0 saturated carbocycles. The topological polar surface area (TPSA) is 33.0 Å². The highest BCUT2D eigenvalue weighted by Crippen LogP contribution is 2.25. The van der Waals surface area contributed by atoms with E-state index in [2.05, 4.69) is 25.1 Å². The van der Waals surface area contributed by atoms with Crippen LogP contribution in [0.3, 0.4) is 0 Å². The number of benzene rings is 1. The highest BCUT2D eigenvalue weighted by atomic mass is 16.5. The van der Waals surface area contributed by atoms with Crippen molar-refractivity contribution in [2.45, 2.75) is 26.9 Å². The summed E-state index contributed by atoms with van der Waals surface area (Å²) in [5.41, 5.74) is 4.46. The molecule has 0 fully saturated rings. The van der Waals surface area contributed by atoms with E-state index in [0.29, 0.717) is 0 Å². The van der Waals surface area contributed by atoms with E-state index in [1.54, 1.807) is 7.11 Å². The van der Waals surface area contributed by atoms with E-state index in [4.69, 9.17) is 10.00 Å². The third kappa shape index (κ3) is 1.94. The van der Waals surface area contributed by atoms with Crippen LogP contribution in [0.25, 0.3) is 0 Å². The number of hydrogen-bond donors (Lipinski definition) is 0. The molecule has 0 spiro atoms. The van der Waals surface area contributed by atoms with Crippen LogP contribution < -0.4 is 0 Å². The maximum atomic E-state index is 8.92. The summed E-state index contributed by atoms with van der Waals surface area (Å²) in [5.74, 6) is 0. The number of aryl methyl sites for hydroxylation is 3. The van der Waals surface area contributed by atoms with Crippen LogP contribution in [0.4, 0.5) is 0 Å². The van der Waals surface area contributed by atoms with E-state index >= 15 is 0 Å². The maximum absolute atomic E-state index is 8.92. The predicted octanol–water partition coefficient (Wildman–Crippen LogP) is 2.82. The second-order valence-electron chi connectivity index (χ2n) is 3.56. The van der Waals surface area contributed by atoms with Gasteiger partial charge in [-0.05, 0) is 31.9 Å². The Balaban J connectivity index is 3.28. The Morgan fingerprint density at radius 3 is 2.07 bits per heavy atom. The molecule has 0 aliphatic carbocycles. The summed E-state index contributed by atoms with van der Waals surface area (Å²) in [6.45, 7) is 6.08. The third-order valence-electron chi connectivity index (χ3n) is 2.35. The lowest BCUT2D eigenvalue weighted by atomic mass is 9.96. The van der Waals surface area contributed by atoms with Crippen molar-refractivity contribution in [2.75, 3.05) is 7.11 Å². The molecule has 1 rings (SSSR count). The number of rotatable bonds is 2. The van der Waals surface area contributed by atoms with Crippen molar-refractivity contribution in [3.05, 3.63) is 34.4 Å². The van der Waals surface area contributed by atoms with Gasteiger partial charge in [0.1, 0.15) is 0 Å². The summed E-state index contributed by atoms with van der Waals surface area (Å²) in [7, 11) is 1.56. The average molecular weight is 189 g/mol. The van der Waals surface area contributed by atoms with Crippen LogP contribution in [-0.2, 0) is 4.74 Å². The summed E-state index contributed by atoms with van der Waals surface area (Å²) in [4.78, 5) is 0. The summed E-state index contributed by atoms with van der Waals surface area (Å²) >= 11 is 0. The molecule has 1 aromatic carbocycles. The first-order chi connectivity index (χ1) is 6.60. The zero-order valence-electron chi connectivity index (χ0n) is 9.09. The van der Waals surface area contributed by atoms with Gasteiger partial charge < -0.3 is 4.74 Å². The van der Waals surface area contributed by atoms with Gasteiger partial charge in [0.15, 0.2) is 6.10 Å². The summed E-state index contributed by atoms with van der Waals surface area (Å²) < 4.78 is 5.13. The Morgan fingerprint density at radius 2 is 1.71 bits per heavy atom.